The highest BCUT2D eigenvalue weighted by Gasteiger charge is 2.49. The minimum Gasteiger partial charge on any atom is -0.461 e. The zero-order valence-electron chi connectivity index (χ0n) is 24.0. The minimum absolute atomic E-state index is 0.0602. The van der Waals surface area contributed by atoms with Crippen molar-refractivity contribution < 1.29 is 23.0 Å². The zero-order valence-corrected chi connectivity index (χ0v) is 24.0. The Morgan fingerprint density at radius 3 is 2.70 bits per heavy atom. The lowest BCUT2D eigenvalue weighted by molar-refractivity contribution is 0.0447. The van der Waals surface area contributed by atoms with Crippen molar-refractivity contribution in [3.05, 3.63) is 59.7 Å². The van der Waals surface area contributed by atoms with Crippen molar-refractivity contribution in [2.45, 2.75) is 56.3 Å². The molecule has 43 heavy (non-hydrogen) atoms. The van der Waals surface area contributed by atoms with E-state index in [0.717, 1.165) is 24.8 Å². The van der Waals surface area contributed by atoms with E-state index >= 15 is 8.78 Å². The Labute approximate surface area is 248 Å². The molecular weight excluding hydrogens is 553 g/mol. The van der Waals surface area contributed by atoms with Gasteiger partial charge < -0.3 is 14.7 Å². The third kappa shape index (κ3) is 4.77. The van der Waals surface area contributed by atoms with E-state index in [1.807, 2.05) is 23.1 Å². The maximum atomic E-state index is 16.7. The zero-order chi connectivity index (χ0) is 29.9. The summed E-state index contributed by atoms with van der Waals surface area (Å²) in [6, 6.07) is 11.8. The first-order valence-electron chi connectivity index (χ1n) is 14.9. The lowest BCUT2D eigenvalue weighted by Gasteiger charge is -2.38. The number of piperidine rings is 1. The minimum atomic E-state index is -0.995. The Hall–Kier alpha value is -3.87. The molecule has 222 valence electrons. The largest absolute Gasteiger partial charge is 0.461 e. The fraction of sp³-hybridized carbons (Fsp3) is 0.412. The van der Waals surface area contributed by atoms with Gasteiger partial charge in [-0.15, -0.1) is 6.42 Å². The van der Waals surface area contributed by atoms with E-state index in [4.69, 9.17) is 11.2 Å². The third-order valence-electron chi connectivity index (χ3n) is 9.38. The van der Waals surface area contributed by atoms with E-state index in [0.29, 0.717) is 54.7 Å². The molecule has 3 saturated heterocycles. The molecule has 6 nitrogen and oxygen atoms in total. The van der Waals surface area contributed by atoms with Gasteiger partial charge in [0.2, 0.25) is 0 Å². The van der Waals surface area contributed by atoms with Crippen molar-refractivity contribution in [3.8, 4) is 29.5 Å². The van der Waals surface area contributed by atoms with Crippen LogP contribution >= 0.6 is 0 Å². The van der Waals surface area contributed by atoms with Gasteiger partial charge in [-0.05, 0) is 62.2 Å². The number of hydrogen-bond donors (Lipinski definition) is 1. The highest BCUT2D eigenvalue weighted by molar-refractivity contribution is 6.03. The van der Waals surface area contributed by atoms with E-state index in [-0.39, 0.29) is 35.6 Å². The molecule has 4 aromatic rings. The number of aliphatic hydroxyl groups is 1. The number of anilines is 1. The van der Waals surface area contributed by atoms with Crippen LogP contribution in [0.25, 0.3) is 32.8 Å². The second kappa shape index (κ2) is 10.4. The summed E-state index contributed by atoms with van der Waals surface area (Å²) in [6.45, 7) is 3.86. The molecule has 7 rings (SSSR count). The highest BCUT2D eigenvalue weighted by atomic mass is 19.1. The quantitative estimate of drug-likeness (QED) is 0.289. The number of terminal acetylenes is 1. The molecule has 9 heteroatoms. The van der Waals surface area contributed by atoms with E-state index in [1.54, 1.807) is 25.1 Å². The Morgan fingerprint density at radius 2 is 1.91 bits per heavy atom. The molecule has 0 unspecified atom stereocenters. The highest BCUT2D eigenvalue weighted by Crippen LogP contribution is 2.42. The smallest absolute Gasteiger partial charge is 0.319 e. The van der Waals surface area contributed by atoms with E-state index in [9.17, 15) is 9.50 Å². The molecule has 3 aromatic carbocycles. The molecule has 0 aliphatic carbocycles. The maximum absolute atomic E-state index is 16.7. The van der Waals surface area contributed by atoms with Crippen molar-refractivity contribution in [1.82, 2.24) is 14.9 Å². The number of hydrogen-bond acceptors (Lipinski definition) is 6. The van der Waals surface area contributed by atoms with Gasteiger partial charge in [-0.2, -0.15) is 9.97 Å². The average Bonchev–Trinajstić information content (AvgIpc) is 3.51. The molecule has 0 radical (unpaired) electrons. The summed E-state index contributed by atoms with van der Waals surface area (Å²) in [5.41, 5.74) is -0.921. The van der Waals surface area contributed by atoms with Gasteiger partial charge in [-0.25, -0.2) is 13.2 Å². The van der Waals surface area contributed by atoms with Crippen LogP contribution in [0, 0.1) is 24.0 Å². The monoisotopic (exact) mass is 586 g/mol. The molecule has 1 N–H and O–H groups in total. The number of halogens is 3. The standard InChI is InChI=1S/C34H33F3N4O2/c1-3-21-8-4-9-22-10-5-11-24(27(21)22)28-26(36)16-25-30(29(28)37)38-32(39-31(25)40-14-6-12-33(2,42)19-40)43-20-34-13-7-15-41(34)18-23(35)17-34/h1,4-5,8-11,16,23,42H,6-7,12-15,17-20H2,2H3/t23-,33+,34+/m1/s1. The van der Waals surface area contributed by atoms with Gasteiger partial charge in [0.25, 0.3) is 0 Å². The summed E-state index contributed by atoms with van der Waals surface area (Å²) in [7, 11) is 0. The summed E-state index contributed by atoms with van der Waals surface area (Å²) in [5.74, 6) is 1.31. The van der Waals surface area contributed by atoms with Crippen molar-refractivity contribution in [2.24, 2.45) is 0 Å². The number of β-amino-alcohol motifs (C(OH)–C–C–N with tert-alkyl or cyclic N) is 1. The topological polar surface area (TPSA) is 61.7 Å². The molecule has 3 aliphatic rings. The van der Waals surface area contributed by atoms with E-state index in [2.05, 4.69) is 20.8 Å². The van der Waals surface area contributed by atoms with Gasteiger partial charge >= 0.3 is 6.01 Å². The van der Waals surface area contributed by atoms with Crippen molar-refractivity contribution in [3.63, 3.8) is 0 Å². The second-order valence-corrected chi connectivity index (χ2v) is 12.5. The molecule has 0 amide bonds. The van der Waals surface area contributed by atoms with E-state index in [1.165, 1.54) is 6.07 Å². The van der Waals surface area contributed by atoms with E-state index < -0.39 is 28.9 Å². The third-order valence-corrected chi connectivity index (χ3v) is 9.38. The van der Waals surface area contributed by atoms with Gasteiger partial charge in [0.15, 0.2) is 5.82 Å². The summed E-state index contributed by atoms with van der Waals surface area (Å²) in [5, 5.41) is 12.4. The van der Waals surface area contributed by atoms with Gasteiger partial charge in [-0.1, -0.05) is 36.3 Å². The first-order valence-corrected chi connectivity index (χ1v) is 14.9. The first kappa shape index (κ1) is 27.9. The Kier molecular flexibility index (Phi) is 6.75. The molecule has 3 atom stereocenters. The number of nitrogens with zero attached hydrogens (tertiary/aromatic N) is 4. The molecule has 3 fully saturated rings. The Morgan fingerprint density at radius 1 is 1.12 bits per heavy atom. The van der Waals surface area contributed by atoms with Crippen LogP contribution in [0.3, 0.4) is 0 Å². The van der Waals surface area contributed by atoms with Crippen molar-refractivity contribution in [2.75, 3.05) is 37.7 Å². The fourth-order valence-corrected chi connectivity index (χ4v) is 7.43. The number of benzene rings is 3. The molecule has 1 aromatic heterocycles. The predicted octanol–water partition coefficient (Wildman–Crippen LogP) is 6.02. The summed E-state index contributed by atoms with van der Waals surface area (Å²) in [6.07, 6.45) is 8.24. The SMILES string of the molecule is C#Cc1cccc2cccc(-c3c(F)cc4c(N5CCC[C@](C)(O)C5)nc(OC[C@@]56CCCN5C[C@H](F)C6)nc4c3F)c12. The summed E-state index contributed by atoms with van der Waals surface area (Å²) < 4.78 is 53.4. The summed E-state index contributed by atoms with van der Waals surface area (Å²) >= 11 is 0. The predicted molar refractivity (Wildman–Crippen MR) is 161 cm³/mol. The van der Waals surface area contributed by atoms with Crippen LogP contribution in [0.5, 0.6) is 6.01 Å². The fourth-order valence-electron chi connectivity index (χ4n) is 7.43. The van der Waals surface area contributed by atoms with Crippen LogP contribution in [0.1, 0.15) is 44.6 Å². The van der Waals surface area contributed by atoms with Crippen molar-refractivity contribution >= 4 is 27.5 Å². The summed E-state index contributed by atoms with van der Waals surface area (Å²) in [4.78, 5) is 13.1. The molecule has 3 aliphatic heterocycles. The van der Waals surface area contributed by atoms with Gasteiger partial charge in [0.1, 0.15) is 29.9 Å². The molecular formula is C34H33F3N4O2. The lowest BCUT2D eigenvalue weighted by atomic mass is 9.93. The second-order valence-electron chi connectivity index (χ2n) is 12.5. The van der Waals surface area contributed by atoms with Gasteiger partial charge in [0, 0.05) is 42.4 Å². The van der Waals surface area contributed by atoms with Crippen LogP contribution in [-0.2, 0) is 0 Å². The van der Waals surface area contributed by atoms with Crippen LogP contribution < -0.4 is 9.64 Å². The number of rotatable bonds is 5. The van der Waals surface area contributed by atoms with Crippen LogP contribution in [0.15, 0.2) is 42.5 Å². The number of alkyl halides is 1. The maximum Gasteiger partial charge on any atom is 0.319 e. The Balaban J connectivity index is 1.39. The molecule has 0 spiro atoms. The lowest BCUT2D eigenvalue weighted by Crippen LogP contribution is -2.46. The van der Waals surface area contributed by atoms with Crippen LogP contribution in [0.4, 0.5) is 19.0 Å². The number of ether oxygens (including phenoxy) is 1. The first-order chi connectivity index (χ1) is 20.7. The van der Waals surface area contributed by atoms with Gasteiger partial charge in [-0.3, -0.25) is 4.90 Å². The van der Waals surface area contributed by atoms with Crippen LogP contribution in [0.2, 0.25) is 0 Å². The number of aromatic nitrogens is 2. The molecule has 4 heterocycles. The average molecular weight is 587 g/mol. The number of fused-ring (bicyclic) bond motifs is 3. The molecule has 0 bridgehead atoms. The molecule has 0 saturated carbocycles. The Bertz CT molecular complexity index is 1780. The van der Waals surface area contributed by atoms with Gasteiger partial charge in [0.05, 0.1) is 16.7 Å². The normalized spacial score (nSPS) is 25.8. The van der Waals surface area contributed by atoms with Crippen molar-refractivity contribution in [1.29, 1.82) is 0 Å². The van der Waals surface area contributed by atoms with Crippen LogP contribution in [-0.4, -0.2) is 70.1 Å².